The van der Waals surface area contributed by atoms with Crippen molar-refractivity contribution in [2.75, 3.05) is 20.2 Å². The van der Waals surface area contributed by atoms with Crippen LogP contribution in [0.15, 0.2) is 58.1 Å². The Morgan fingerprint density at radius 2 is 1.96 bits per heavy atom. The highest BCUT2D eigenvalue weighted by Crippen LogP contribution is 2.15. The smallest absolute Gasteiger partial charge is 0.191 e. The van der Waals surface area contributed by atoms with Gasteiger partial charge in [0.05, 0.1) is 13.1 Å². The van der Waals surface area contributed by atoms with Crippen molar-refractivity contribution in [1.29, 1.82) is 0 Å². The Hall–Kier alpha value is -1.88. The second-order valence-electron chi connectivity index (χ2n) is 5.20. The molecule has 2 N–H and O–H groups in total. The second-order valence-corrected chi connectivity index (χ2v) is 6.12. The summed E-state index contributed by atoms with van der Waals surface area (Å²) in [6, 6.07) is 13.6. The van der Waals surface area contributed by atoms with Crippen molar-refractivity contribution >= 4 is 51.5 Å². The van der Waals surface area contributed by atoms with E-state index in [2.05, 4.69) is 41.8 Å². The first-order valence-electron chi connectivity index (χ1n) is 7.88. The molecule has 0 fully saturated rings. The predicted molar refractivity (Wildman–Crippen MR) is 116 cm³/mol. The maximum Gasteiger partial charge on any atom is 0.191 e. The van der Waals surface area contributed by atoms with Crippen LogP contribution in [0.3, 0.4) is 0 Å². The molecule has 0 spiro atoms. The lowest BCUT2D eigenvalue weighted by Crippen LogP contribution is -2.39. The minimum absolute atomic E-state index is 0. The SMILES string of the molecule is CN=C(NCCOc1ccc(Br)cc1)NCc1nnc2ccccn12.I. The highest BCUT2D eigenvalue weighted by molar-refractivity contribution is 14.0. The Bertz CT molecular complexity index is 852. The van der Waals surface area contributed by atoms with E-state index >= 15 is 0 Å². The van der Waals surface area contributed by atoms with Crippen molar-refractivity contribution in [3.63, 3.8) is 0 Å². The number of rotatable bonds is 6. The number of pyridine rings is 1. The number of nitrogens with one attached hydrogen (secondary N) is 2. The Morgan fingerprint density at radius 3 is 2.73 bits per heavy atom. The van der Waals surface area contributed by atoms with E-state index in [1.165, 1.54) is 0 Å². The summed E-state index contributed by atoms with van der Waals surface area (Å²) >= 11 is 3.40. The molecule has 1 aromatic carbocycles. The first-order valence-corrected chi connectivity index (χ1v) is 8.67. The van der Waals surface area contributed by atoms with E-state index < -0.39 is 0 Å². The molecular formula is C17H20BrIN6O. The van der Waals surface area contributed by atoms with Crippen molar-refractivity contribution in [3.05, 3.63) is 59.0 Å². The number of hydrogen-bond acceptors (Lipinski definition) is 4. The third kappa shape index (κ3) is 5.56. The Morgan fingerprint density at radius 1 is 1.15 bits per heavy atom. The van der Waals surface area contributed by atoms with Crippen LogP contribution in [0.25, 0.3) is 5.65 Å². The molecule has 138 valence electrons. The molecule has 26 heavy (non-hydrogen) atoms. The molecule has 3 rings (SSSR count). The second kappa shape index (κ2) is 10.3. The molecule has 0 aliphatic heterocycles. The number of guanidine groups is 1. The van der Waals surface area contributed by atoms with Crippen molar-refractivity contribution in [2.45, 2.75) is 6.54 Å². The van der Waals surface area contributed by atoms with Crippen LogP contribution in [-0.2, 0) is 6.54 Å². The molecule has 9 heteroatoms. The number of aliphatic imine (C=N–C) groups is 1. The van der Waals surface area contributed by atoms with Gasteiger partial charge in [-0.25, -0.2) is 0 Å². The average Bonchev–Trinajstić information content (AvgIpc) is 3.06. The maximum atomic E-state index is 5.67. The third-order valence-corrected chi connectivity index (χ3v) is 4.03. The molecule has 0 aliphatic carbocycles. The van der Waals surface area contributed by atoms with Gasteiger partial charge in [0.1, 0.15) is 12.4 Å². The van der Waals surface area contributed by atoms with Gasteiger partial charge >= 0.3 is 0 Å². The molecule has 0 amide bonds. The molecule has 0 atom stereocenters. The van der Waals surface area contributed by atoms with Gasteiger partial charge in [-0.05, 0) is 36.4 Å². The number of fused-ring (bicyclic) bond motifs is 1. The monoisotopic (exact) mass is 530 g/mol. The van der Waals surface area contributed by atoms with E-state index in [1.807, 2.05) is 53.1 Å². The number of benzene rings is 1. The minimum atomic E-state index is 0. The summed E-state index contributed by atoms with van der Waals surface area (Å²) in [5.41, 5.74) is 0.824. The highest BCUT2D eigenvalue weighted by atomic mass is 127. The van der Waals surface area contributed by atoms with Crippen LogP contribution >= 0.6 is 39.9 Å². The van der Waals surface area contributed by atoms with Gasteiger partial charge < -0.3 is 15.4 Å². The zero-order valence-corrected chi connectivity index (χ0v) is 18.1. The fourth-order valence-electron chi connectivity index (χ4n) is 2.26. The van der Waals surface area contributed by atoms with Gasteiger partial charge in [-0.15, -0.1) is 34.2 Å². The fraction of sp³-hybridized carbons (Fsp3) is 0.235. The van der Waals surface area contributed by atoms with Crippen LogP contribution in [0.5, 0.6) is 5.75 Å². The van der Waals surface area contributed by atoms with E-state index in [0.29, 0.717) is 25.7 Å². The zero-order valence-electron chi connectivity index (χ0n) is 14.2. The van der Waals surface area contributed by atoms with Crippen molar-refractivity contribution in [2.24, 2.45) is 4.99 Å². The molecule has 7 nitrogen and oxygen atoms in total. The number of nitrogens with zero attached hydrogens (tertiary/aromatic N) is 4. The van der Waals surface area contributed by atoms with Crippen LogP contribution in [0.1, 0.15) is 5.82 Å². The fourth-order valence-corrected chi connectivity index (χ4v) is 2.53. The molecule has 3 aromatic rings. The molecule has 0 saturated carbocycles. The largest absolute Gasteiger partial charge is 0.492 e. The molecule has 0 aliphatic rings. The Balaban J connectivity index is 0.00000243. The van der Waals surface area contributed by atoms with Crippen molar-refractivity contribution in [1.82, 2.24) is 25.2 Å². The summed E-state index contributed by atoms with van der Waals surface area (Å²) in [7, 11) is 1.73. The van der Waals surface area contributed by atoms with Gasteiger partial charge in [0.2, 0.25) is 0 Å². The van der Waals surface area contributed by atoms with Crippen LogP contribution in [0.4, 0.5) is 0 Å². The molecular weight excluding hydrogens is 511 g/mol. The van der Waals surface area contributed by atoms with Gasteiger partial charge in [-0.3, -0.25) is 9.39 Å². The highest BCUT2D eigenvalue weighted by Gasteiger charge is 2.05. The summed E-state index contributed by atoms with van der Waals surface area (Å²) in [5, 5.41) is 14.7. The first-order chi connectivity index (χ1) is 12.3. The van der Waals surface area contributed by atoms with Gasteiger partial charge in [-0.2, -0.15) is 0 Å². The first kappa shape index (κ1) is 20.4. The topological polar surface area (TPSA) is 75.8 Å². The lowest BCUT2D eigenvalue weighted by atomic mass is 10.3. The lowest BCUT2D eigenvalue weighted by Gasteiger charge is -2.12. The van der Waals surface area contributed by atoms with Gasteiger partial charge in [0, 0.05) is 17.7 Å². The zero-order chi connectivity index (χ0) is 17.5. The number of hydrogen-bond donors (Lipinski definition) is 2. The quantitative estimate of drug-likeness (QED) is 0.222. The van der Waals surface area contributed by atoms with Crippen molar-refractivity contribution in [3.8, 4) is 5.75 Å². The van der Waals surface area contributed by atoms with Gasteiger partial charge in [0.25, 0.3) is 0 Å². The molecule has 0 unspecified atom stereocenters. The normalized spacial score (nSPS) is 11.1. The lowest BCUT2D eigenvalue weighted by molar-refractivity contribution is 0.322. The minimum Gasteiger partial charge on any atom is -0.492 e. The summed E-state index contributed by atoms with van der Waals surface area (Å²) in [4.78, 5) is 4.20. The summed E-state index contributed by atoms with van der Waals surface area (Å²) in [6.45, 7) is 1.70. The summed E-state index contributed by atoms with van der Waals surface area (Å²) in [6.07, 6.45) is 1.94. The number of halogens is 2. The van der Waals surface area contributed by atoms with Crippen LogP contribution in [0.2, 0.25) is 0 Å². The van der Waals surface area contributed by atoms with E-state index in [1.54, 1.807) is 7.05 Å². The number of aromatic nitrogens is 3. The third-order valence-electron chi connectivity index (χ3n) is 3.50. The van der Waals surface area contributed by atoms with E-state index in [-0.39, 0.29) is 24.0 Å². The predicted octanol–water partition coefficient (Wildman–Crippen LogP) is 2.85. The van der Waals surface area contributed by atoms with Crippen LogP contribution < -0.4 is 15.4 Å². The van der Waals surface area contributed by atoms with Gasteiger partial charge in [-0.1, -0.05) is 22.0 Å². The average molecular weight is 531 g/mol. The van der Waals surface area contributed by atoms with E-state index in [9.17, 15) is 0 Å². The van der Waals surface area contributed by atoms with Crippen molar-refractivity contribution < 1.29 is 4.74 Å². The Labute approximate surface area is 177 Å². The summed E-state index contributed by atoms with van der Waals surface area (Å²) < 4.78 is 8.64. The van der Waals surface area contributed by atoms with Crippen LogP contribution in [0, 0.1) is 0 Å². The van der Waals surface area contributed by atoms with Gasteiger partial charge in [0.15, 0.2) is 17.4 Å². The molecule has 2 heterocycles. The summed E-state index contributed by atoms with van der Waals surface area (Å²) in [5.74, 6) is 2.35. The van der Waals surface area contributed by atoms with E-state index in [0.717, 1.165) is 21.7 Å². The standard InChI is InChI=1S/C17H19BrN6O.HI/c1-19-17(20-9-11-25-14-7-5-13(18)6-8-14)21-12-16-23-22-15-4-2-3-10-24(15)16;/h2-8,10H,9,11-12H2,1H3,(H2,19,20,21);1H. The van der Waals surface area contributed by atoms with Crippen LogP contribution in [-0.4, -0.2) is 40.8 Å². The maximum absolute atomic E-state index is 5.67. The van der Waals surface area contributed by atoms with E-state index in [4.69, 9.17) is 4.74 Å². The molecule has 0 radical (unpaired) electrons. The molecule has 2 aromatic heterocycles. The molecule has 0 bridgehead atoms. The Kier molecular flexibility index (Phi) is 8.10. The molecule has 0 saturated heterocycles. The number of ether oxygens (including phenoxy) is 1.